The molecule has 0 radical (unpaired) electrons. The summed E-state index contributed by atoms with van der Waals surface area (Å²) in [5.74, 6) is 0.771. The first-order valence-corrected chi connectivity index (χ1v) is 7.39. The van der Waals surface area contributed by atoms with Crippen molar-refractivity contribution in [3.63, 3.8) is 0 Å². The molecule has 17 heavy (non-hydrogen) atoms. The highest BCUT2D eigenvalue weighted by Crippen LogP contribution is 2.18. The summed E-state index contributed by atoms with van der Waals surface area (Å²) in [6, 6.07) is 9.31. The van der Waals surface area contributed by atoms with Gasteiger partial charge in [-0.3, -0.25) is 0 Å². The maximum Gasteiger partial charge on any atom is 0.0469 e. The first kappa shape index (κ1) is 13.3. The van der Waals surface area contributed by atoms with E-state index in [0.717, 1.165) is 25.7 Å². The van der Waals surface area contributed by atoms with Crippen molar-refractivity contribution < 1.29 is 4.74 Å². The molecule has 0 aromatic heterocycles. The van der Waals surface area contributed by atoms with Crippen molar-refractivity contribution in [3.05, 3.63) is 33.4 Å². The minimum Gasteiger partial charge on any atom is -0.381 e. The third kappa shape index (κ3) is 4.23. The van der Waals surface area contributed by atoms with Gasteiger partial charge in [0.2, 0.25) is 0 Å². The first-order valence-electron chi connectivity index (χ1n) is 6.31. The van der Waals surface area contributed by atoms with Crippen molar-refractivity contribution >= 4 is 22.6 Å². The largest absolute Gasteiger partial charge is 0.381 e. The minimum absolute atomic E-state index is 0.582. The van der Waals surface area contributed by atoms with Crippen LogP contribution in [0.5, 0.6) is 0 Å². The van der Waals surface area contributed by atoms with Gasteiger partial charge in [-0.25, -0.2) is 0 Å². The quantitative estimate of drug-likeness (QED) is 0.847. The van der Waals surface area contributed by atoms with E-state index in [0.29, 0.717) is 6.04 Å². The van der Waals surface area contributed by atoms with Crippen LogP contribution >= 0.6 is 22.6 Å². The Kier molecular flexibility index (Phi) is 5.25. The molecule has 1 aromatic carbocycles. The molecule has 0 aliphatic carbocycles. The summed E-state index contributed by atoms with van der Waals surface area (Å²) < 4.78 is 6.69. The Labute approximate surface area is 117 Å². The highest BCUT2D eigenvalue weighted by molar-refractivity contribution is 14.1. The Hall–Kier alpha value is -0.130. The molecule has 1 aliphatic heterocycles. The van der Waals surface area contributed by atoms with E-state index in [4.69, 9.17) is 4.74 Å². The van der Waals surface area contributed by atoms with Crippen molar-refractivity contribution in [2.75, 3.05) is 13.2 Å². The van der Waals surface area contributed by atoms with Crippen molar-refractivity contribution in [2.45, 2.75) is 32.4 Å². The van der Waals surface area contributed by atoms with Gasteiger partial charge in [-0.15, -0.1) is 0 Å². The van der Waals surface area contributed by atoms with Gasteiger partial charge in [-0.1, -0.05) is 12.1 Å². The number of rotatable bonds is 4. The van der Waals surface area contributed by atoms with Crippen LogP contribution in [0.25, 0.3) is 0 Å². The van der Waals surface area contributed by atoms with Gasteiger partial charge in [0.05, 0.1) is 0 Å². The number of halogens is 1. The van der Waals surface area contributed by atoms with E-state index < -0.39 is 0 Å². The lowest BCUT2D eigenvalue weighted by atomic mass is 9.93. The molecule has 1 heterocycles. The maximum atomic E-state index is 5.40. The maximum absolute atomic E-state index is 5.40. The summed E-state index contributed by atoms with van der Waals surface area (Å²) in [4.78, 5) is 0. The van der Waals surface area contributed by atoms with Crippen LogP contribution in [0.15, 0.2) is 24.3 Å². The van der Waals surface area contributed by atoms with Crippen molar-refractivity contribution in [2.24, 2.45) is 5.92 Å². The molecule has 0 amide bonds. The van der Waals surface area contributed by atoms with E-state index in [1.165, 1.54) is 22.0 Å². The van der Waals surface area contributed by atoms with Gasteiger partial charge in [0.15, 0.2) is 0 Å². The minimum atomic E-state index is 0.582. The summed E-state index contributed by atoms with van der Waals surface area (Å²) >= 11 is 2.34. The molecule has 0 bridgehead atoms. The van der Waals surface area contributed by atoms with Gasteiger partial charge < -0.3 is 10.1 Å². The summed E-state index contributed by atoms with van der Waals surface area (Å²) in [5, 5.41) is 3.63. The van der Waals surface area contributed by atoms with E-state index >= 15 is 0 Å². The predicted octanol–water partition coefficient (Wildman–Crippen LogP) is 3.20. The van der Waals surface area contributed by atoms with Gasteiger partial charge in [0.25, 0.3) is 0 Å². The molecule has 1 fully saturated rings. The standard InChI is InChI=1S/C14H20INO/c1-11(13-6-8-17-9-7-13)16-10-12-2-4-14(15)5-3-12/h2-5,11,13,16H,6-10H2,1H3. The van der Waals surface area contributed by atoms with Gasteiger partial charge in [-0.05, 0) is 66.0 Å². The van der Waals surface area contributed by atoms with Crippen LogP contribution in [-0.2, 0) is 11.3 Å². The fourth-order valence-electron chi connectivity index (χ4n) is 2.26. The van der Waals surface area contributed by atoms with Crippen LogP contribution in [0.3, 0.4) is 0 Å². The molecular weight excluding hydrogens is 325 g/mol. The number of benzene rings is 1. The lowest BCUT2D eigenvalue weighted by molar-refractivity contribution is 0.0558. The third-order valence-electron chi connectivity index (χ3n) is 3.51. The van der Waals surface area contributed by atoms with E-state index in [-0.39, 0.29) is 0 Å². The zero-order valence-corrected chi connectivity index (χ0v) is 12.4. The molecule has 0 spiro atoms. The highest BCUT2D eigenvalue weighted by Gasteiger charge is 2.19. The monoisotopic (exact) mass is 345 g/mol. The van der Waals surface area contributed by atoms with Gasteiger partial charge in [0.1, 0.15) is 0 Å². The third-order valence-corrected chi connectivity index (χ3v) is 4.23. The van der Waals surface area contributed by atoms with Crippen molar-refractivity contribution in [1.29, 1.82) is 0 Å². The van der Waals surface area contributed by atoms with E-state index in [1.54, 1.807) is 0 Å². The highest BCUT2D eigenvalue weighted by atomic mass is 127. The molecule has 94 valence electrons. The normalized spacial score (nSPS) is 19.2. The SMILES string of the molecule is CC(NCc1ccc(I)cc1)C1CCOCC1. The fourth-order valence-corrected chi connectivity index (χ4v) is 2.62. The Bertz CT molecular complexity index is 333. The Balaban J connectivity index is 1.78. The molecule has 1 aliphatic rings. The van der Waals surface area contributed by atoms with E-state index in [2.05, 4.69) is 59.1 Å². The average molecular weight is 345 g/mol. The summed E-state index contributed by atoms with van der Waals surface area (Å²) in [6.45, 7) is 5.12. The topological polar surface area (TPSA) is 21.3 Å². The summed E-state index contributed by atoms with van der Waals surface area (Å²) in [5.41, 5.74) is 1.37. The lowest BCUT2D eigenvalue weighted by Crippen LogP contribution is -2.36. The Morgan fingerprint density at radius 1 is 1.29 bits per heavy atom. The first-order chi connectivity index (χ1) is 8.25. The van der Waals surface area contributed by atoms with Gasteiger partial charge in [0, 0.05) is 29.4 Å². The number of hydrogen-bond acceptors (Lipinski definition) is 2. The van der Waals surface area contributed by atoms with Crippen LogP contribution in [0.4, 0.5) is 0 Å². The van der Waals surface area contributed by atoms with Gasteiger partial charge in [-0.2, -0.15) is 0 Å². The van der Waals surface area contributed by atoms with E-state index in [9.17, 15) is 0 Å². The van der Waals surface area contributed by atoms with Crippen LogP contribution < -0.4 is 5.32 Å². The molecule has 1 atom stereocenters. The van der Waals surface area contributed by atoms with E-state index in [1.807, 2.05) is 0 Å². The Morgan fingerprint density at radius 3 is 2.59 bits per heavy atom. The molecule has 1 N–H and O–H groups in total. The second kappa shape index (κ2) is 6.71. The zero-order chi connectivity index (χ0) is 12.1. The Morgan fingerprint density at radius 2 is 1.94 bits per heavy atom. The lowest BCUT2D eigenvalue weighted by Gasteiger charge is -2.28. The molecule has 0 saturated carbocycles. The molecule has 1 unspecified atom stereocenters. The molecular formula is C14H20INO. The number of nitrogens with one attached hydrogen (secondary N) is 1. The predicted molar refractivity (Wildman–Crippen MR) is 79.0 cm³/mol. The van der Waals surface area contributed by atoms with Crippen LogP contribution in [0.2, 0.25) is 0 Å². The average Bonchev–Trinajstić information content (AvgIpc) is 2.39. The van der Waals surface area contributed by atoms with Gasteiger partial charge >= 0.3 is 0 Å². The van der Waals surface area contributed by atoms with Crippen molar-refractivity contribution in [1.82, 2.24) is 5.32 Å². The van der Waals surface area contributed by atoms with Crippen LogP contribution in [0.1, 0.15) is 25.3 Å². The summed E-state index contributed by atoms with van der Waals surface area (Å²) in [6.07, 6.45) is 2.39. The van der Waals surface area contributed by atoms with Crippen molar-refractivity contribution in [3.8, 4) is 0 Å². The molecule has 2 rings (SSSR count). The number of ether oxygens (including phenoxy) is 1. The van der Waals surface area contributed by atoms with Crippen LogP contribution in [-0.4, -0.2) is 19.3 Å². The second-order valence-corrected chi connectivity index (χ2v) is 5.99. The number of hydrogen-bond donors (Lipinski definition) is 1. The molecule has 1 aromatic rings. The smallest absolute Gasteiger partial charge is 0.0469 e. The molecule has 3 heteroatoms. The van der Waals surface area contributed by atoms with Crippen LogP contribution in [0, 0.1) is 9.49 Å². The summed E-state index contributed by atoms with van der Waals surface area (Å²) in [7, 11) is 0. The second-order valence-electron chi connectivity index (χ2n) is 4.75. The molecule has 1 saturated heterocycles. The molecule has 2 nitrogen and oxygen atoms in total. The fraction of sp³-hybridized carbons (Fsp3) is 0.571. The zero-order valence-electron chi connectivity index (χ0n) is 10.3.